The molecule has 0 aliphatic rings. The van der Waals surface area contributed by atoms with Crippen molar-refractivity contribution in [2.45, 2.75) is 149 Å². The number of unbranched alkanes of at least 4 members (excludes halogenated alkanes) is 18. The zero-order valence-corrected chi connectivity index (χ0v) is 29.8. The lowest BCUT2D eigenvalue weighted by Crippen LogP contribution is -2.15. The second-order valence-electron chi connectivity index (χ2n) is 12.0. The Morgan fingerprint density at radius 2 is 0.578 bits per heavy atom. The molecule has 0 aliphatic carbocycles. The minimum Gasteiger partial charge on any atom is -0.463 e. The Hall–Kier alpha value is -0.770. The van der Waals surface area contributed by atoms with Gasteiger partial charge in [-0.15, -0.1) is 0 Å². The average Bonchev–Trinajstić information content (AvgIpc) is 3.05. The van der Waals surface area contributed by atoms with Crippen LogP contribution in [0.5, 0.6) is 0 Å². The predicted molar refractivity (Wildman–Crippen MR) is 184 cm³/mol. The lowest BCUT2D eigenvalue weighted by atomic mass is 10.0. The second kappa shape index (κ2) is 41.3. The molecule has 0 heterocycles. The van der Waals surface area contributed by atoms with Gasteiger partial charge in [0, 0.05) is 13.0 Å². The van der Waals surface area contributed by atoms with E-state index in [9.17, 15) is 4.79 Å². The van der Waals surface area contributed by atoms with Crippen molar-refractivity contribution >= 4 is 5.97 Å². The summed E-state index contributed by atoms with van der Waals surface area (Å²) >= 11 is 0. The summed E-state index contributed by atoms with van der Waals surface area (Å²) in [6, 6.07) is 0. The number of hydrogen-bond acceptors (Lipinski definition) is 8. The Kier molecular flexibility index (Phi) is 40.5. The van der Waals surface area contributed by atoms with E-state index in [1.165, 1.54) is 109 Å². The monoisotopic (exact) mass is 647 g/mol. The average molecular weight is 647 g/mol. The van der Waals surface area contributed by atoms with Crippen molar-refractivity contribution in [3.8, 4) is 0 Å². The molecule has 0 fully saturated rings. The molecule has 0 spiro atoms. The molecule has 45 heavy (non-hydrogen) atoms. The summed E-state index contributed by atoms with van der Waals surface area (Å²) < 4.78 is 38.3. The molecule has 0 aliphatic heterocycles. The summed E-state index contributed by atoms with van der Waals surface area (Å²) in [4.78, 5) is 11.9. The van der Waals surface area contributed by atoms with Crippen LogP contribution in [-0.2, 0) is 38.0 Å². The van der Waals surface area contributed by atoms with E-state index in [4.69, 9.17) is 33.2 Å². The maximum absolute atomic E-state index is 11.9. The Balaban J connectivity index is 3.13. The van der Waals surface area contributed by atoms with Crippen LogP contribution in [0.1, 0.15) is 149 Å². The van der Waals surface area contributed by atoms with Gasteiger partial charge in [-0.1, -0.05) is 129 Å². The number of ether oxygens (including phenoxy) is 7. The third-order valence-corrected chi connectivity index (χ3v) is 7.73. The van der Waals surface area contributed by atoms with E-state index in [1.807, 2.05) is 0 Å². The zero-order valence-electron chi connectivity index (χ0n) is 29.8. The highest BCUT2D eigenvalue weighted by Crippen LogP contribution is 2.14. The smallest absolute Gasteiger partial charge is 0.305 e. The molecule has 0 unspecified atom stereocenters. The first kappa shape index (κ1) is 44.2. The van der Waals surface area contributed by atoms with Crippen LogP contribution in [-0.4, -0.2) is 91.9 Å². The van der Waals surface area contributed by atoms with Gasteiger partial charge in [0.2, 0.25) is 0 Å². The van der Waals surface area contributed by atoms with Gasteiger partial charge in [0.15, 0.2) is 0 Å². The Bertz CT molecular complexity index is 549. The predicted octanol–water partition coefficient (Wildman–Crippen LogP) is 8.86. The summed E-state index contributed by atoms with van der Waals surface area (Å²) in [6.45, 7) is 11.5. The molecule has 0 aromatic heterocycles. The van der Waals surface area contributed by atoms with Crippen molar-refractivity contribution in [2.75, 3.05) is 85.9 Å². The molecule has 8 heteroatoms. The largest absolute Gasteiger partial charge is 0.463 e. The van der Waals surface area contributed by atoms with Crippen molar-refractivity contribution in [3.05, 3.63) is 0 Å². The van der Waals surface area contributed by atoms with Gasteiger partial charge in [0.25, 0.3) is 0 Å². The van der Waals surface area contributed by atoms with Crippen LogP contribution < -0.4 is 0 Å². The third kappa shape index (κ3) is 41.2. The van der Waals surface area contributed by atoms with E-state index in [2.05, 4.69) is 13.8 Å². The highest BCUT2D eigenvalue weighted by molar-refractivity contribution is 5.69. The quantitative estimate of drug-likeness (QED) is 0.0482. The summed E-state index contributed by atoms with van der Waals surface area (Å²) in [7, 11) is 0. The molecule has 0 amide bonds. The van der Waals surface area contributed by atoms with E-state index in [0.717, 1.165) is 25.9 Å². The molecule has 0 aromatic rings. The van der Waals surface area contributed by atoms with E-state index in [-0.39, 0.29) is 5.97 Å². The number of hydrogen-bond donors (Lipinski definition) is 0. The number of carbonyl (C=O) groups is 1. The summed E-state index contributed by atoms with van der Waals surface area (Å²) in [6.07, 6.45) is 26.6. The third-order valence-electron chi connectivity index (χ3n) is 7.73. The standard InChI is InChI=1S/C37H74O8/c1-3-5-7-9-10-11-12-13-14-15-16-17-18-19-21-23-37(38)45-36-35-44-34-33-43-32-31-42-30-29-41-28-27-40-26-25-39-24-22-20-8-6-4-2/h3-36H2,1-2H3. The van der Waals surface area contributed by atoms with Gasteiger partial charge >= 0.3 is 5.97 Å². The molecule has 0 rings (SSSR count). The normalized spacial score (nSPS) is 11.4. The van der Waals surface area contributed by atoms with Gasteiger partial charge in [-0.05, 0) is 12.8 Å². The molecule has 0 atom stereocenters. The molecule has 8 nitrogen and oxygen atoms in total. The topological polar surface area (TPSA) is 81.7 Å². The first-order chi connectivity index (χ1) is 22.3. The first-order valence-corrected chi connectivity index (χ1v) is 18.9. The maximum atomic E-state index is 11.9. The minimum atomic E-state index is -0.119. The molecular formula is C37H74O8. The maximum Gasteiger partial charge on any atom is 0.305 e. The second-order valence-corrected chi connectivity index (χ2v) is 12.0. The van der Waals surface area contributed by atoms with Gasteiger partial charge in [-0.25, -0.2) is 0 Å². The van der Waals surface area contributed by atoms with Crippen molar-refractivity contribution in [3.63, 3.8) is 0 Å². The van der Waals surface area contributed by atoms with Gasteiger partial charge in [-0.3, -0.25) is 4.79 Å². The molecule has 270 valence electrons. The van der Waals surface area contributed by atoms with Crippen LogP contribution in [0.3, 0.4) is 0 Å². The highest BCUT2D eigenvalue weighted by Gasteiger charge is 2.03. The SMILES string of the molecule is CCCCCCCCCCCCCCCCCC(=O)OCCOCCOCCOCCOCCOCCOCCCCCCC. The van der Waals surface area contributed by atoms with Gasteiger partial charge < -0.3 is 33.2 Å². The van der Waals surface area contributed by atoms with Crippen LogP contribution in [0.15, 0.2) is 0 Å². The van der Waals surface area contributed by atoms with Gasteiger partial charge in [-0.2, -0.15) is 0 Å². The van der Waals surface area contributed by atoms with Crippen molar-refractivity contribution in [1.82, 2.24) is 0 Å². The Labute approximate surface area is 278 Å². The van der Waals surface area contributed by atoms with Gasteiger partial charge in [0.1, 0.15) is 6.61 Å². The van der Waals surface area contributed by atoms with Crippen LogP contribution in [0, 0.1) is 0 Å². The van der Waals surface area contributed by atoms with Crippen molar-refractivity contribution < 1.29 is 38.0 Å². The summed E-state index contributed by atoms with van der Waals surface area (Å²) in [5.41, 5.74) is 0. The minimum absolute atomic E-state index is 0.119. The lowest BCUT2D eigenvalue weighted by molar-refractivity contribution is -0.145. The van der Waals surface area contributed by atoms with E-state index >= 15 is 0 Å². The van der Waals surface area contributed by atoms with E-state index in [1.54, 1.807) is 0 Å². The van der Waals surface area contributed by atoms with E-state index < -0.39 is 0 Å². The van der Waals surface area contributed by atoms with Crippen molar-refractivity contribution in [1.29, 1.82) is 0 Å². The highest BCUT2D eigenvalue weighted by atomic mass is 16.6. The first-order valence-electron chi connectivity index (χ1n) is 18.9. The fourth-order valence-electron chi connectivity index (χ4n) is 4.94. The number of carbonyl (C=O) groups excluding carboxylic acids is 1. The summed E-state index contributed by atoms with van der Waals surface area (Å²) in [5, 5.41) is 0. The molecule has 0 bridgehead atoms. The van der Waals surface area contributed by atoms with Crippen LogP contribution in [0.2, 0.25) is 0 Å². The van der Waals surface area contributed by atoms with Gasteiger partial charge in [0.05, 0.1) is 72.7 Å². The molecule has 0 N–H and O–H groups in total. The lowest BCUT2D eigenvalue weighted by Gasteiger charge is -2.08. The number of rotatable bonds is 40. The molecule has 0 radical (unpaired) electrons. The zero-order chi connectivity index (χ0) is 32.6. The molecule has 0 aromatic carbocycles. The van der Waals surface area contributed by atoms with Crippen LogP contribution >= 0.6 is 0 Å². The molecule has 0 saturated heterocycles. The van der Waals surface area contributed by atoms with E-state index in [0.29, 0.717) is 85.7 Å². The number of esters is 1. The Morgan fingerprint density at radius 3 is 0.933 bits per heavy atom. The fraction of sp³-hybridized carbons (Fsp3) is 0.973. The van der Waals surface area contributed by atoms with Crippen LogP contribution in [0.25, 0.3) is 0 Å². The fourth-order valence-corrected chi connectivity index (χ4v) is 4.94. The molecule has 0 saturated carbocycles. The summed E-state index contributed by atoms with van der Waals surface area (Å²) in [5.74, 6) is -0.119. The van der Waals surface area contributed by atoms with Crippen LogP contribution in [0.4, 0.5) is 0 Å². The Morgan fingerprint density at radius 1 is 0.311 bits per heavy atom. The van der Waals surface area contributed by atoms with Crippen molar-refractivity contribution in [2.24, 2.45) is 0 Å². The molecular weight excluding hydrogens is 572 g/mol.